The summed E-state index contributed by atoms with van der Waals surface area (Å²) in [4.78, 5) is 25.6. The maximum absolute atomic E-state index is 12.8. The molecule has 4 heteroatoms. The van der Waals surface area contributed by atoms with E-state index in [2.05, 4.69) is 5.32 Å². The van der Waals surface area contributed by atoms with Gasteiger partial charge in [0.15, 0.2) is 5.78 Å². The van der Waals surface area contributed by atoms with Crippen LogP contribution in [0, 0.1) is 0 Å². The third kappa shape index (κ3) is 1.55. The SMILES string of the molecule is CNCn1c2c(c3ccccc3c1=O)C(=O)c1ccccc1-2. The molecular formula is C18H14N2O2. The largest absolute Gasteiger partial charge is 0.303 e. The zero-order valence-electron chi connectivity index (χ0n) is 12.1. The lowest BCUT2D eigenvalue weighted by molar-refractivity contribution is 0.104. The minimum atomic E-state index is -0.0757. The molecule has 0 saturated carbocycles. The lowest BCUT2D eigenvalue weighted by atomic mass is 10.0. The van der Waals surface area contributed by atoms with Crippen LogP contribution in [0.25, 0.3) is 22.0 Å². The van der Waals surface area contributed by atoms with Gasteiger partial charge in [-0.15, -0.1) is 0 Å². The molecule has 22 heavy (non-hydrogen) atoms. The molecule has 1 aliphatic carbocycles. The van der Waals surface area contributed by atoms with E-state index in [1.807, 2.05) is 42.5 Å². The molecule has 0 atom stereocenters. The quantitative estimate of drug-likeness (QED) is 0.616. The van der Waals surface area contributed by atoms with Crippen LogP contribution < -0.4 is 10.9 Å². The van der Waals surface area contributed by atoms with Crippen molar-refractivity contribution < 1.29 is 4.79 Å². The van der Waals surface area contributed by atoms with Gasteiger partial charge in [-0.3, -0.25) is 14.2 Å². The van der Waals surface area contributed by atoms with E-state index in [0.717, 1.165) is 16.6 Å². The van der Waals surface area contributed by atoms with Crippen molar-refractivity contribution in [2.24, 2.45) is 0 Å². The lowest BCUT2D eigenvalue weighted by Crippen LogP contribution is -2.28. The molecule has 0 radical (unpaired) electrons. The van der Waals surface area contributed by atoms with Crippen LogP contribution in [0.5, 0.6) is 0 Å². The van der Waals surface area contributed by atoms with Gasteiger partial charge in [-0.05, 0) is 13.1 Å². The summed E-state index contributed by atoms with van der Waals surface area (Å²) in [6.45, 7) is 0.369. The third-order valence-electron chi connectivity index (χ3n) is 4.15. The Morgan fingerprint density at radius 3 is 2.27 bits per heavy atom. The number of fused-ring (bicyclic) bond motifs is 5. The predicted octanol–water partition coefficient (Wildman–Crippen LogP) is 2.39. The molecule has 0 fully saturated rings. The van der Waals surface area contributed by atoms with Crippen LogP contribution in [-0.2, 0) is 6.67 Å². The van der Waals surface area contributed by atoms with Gasteiger partial charge in [0.2, 0.25) is 0 Å². The van der Waals surface area contributed by atoms with Crippen molar-refractivity contribution in [3.8, 4) is 11.3 Å². The van der Waals surface area contributed by atoms with Crippen molar-refractivity contribution in [2.45, 2.75) is 6.67 Å². The molecule has 0 bridgehead atoms. The van der Waals surface area contributed by atoms with Crippen LogP contribution in [0.15, 0.2) is 53.3 Å². The van der Waals surface area contributed by atoms with E-state index in [9.17, 15) is 9.59 Å². The first-order valence-corrected chi connectivity index (χ1v) is 7.18. The Bertz CT molecular complexity index is 986. The zero-order chi connectivity index (χ0) is 15.3. The van der Waals surface area contributed by atoms with E-state index in [1.165, 1.54) is 0 Å². The molecule has 3 aromatic rings. The van der Waals surface area contributed by atoms with Crippen LogP contribution in [0.1, 0.15) is 15.9 Å². The molecule has 0 amide bonds. The summed E-state index contributed by atoms with van der Waals surface area (Å²) in [7, 11) is 1.79. The molecule has 0 unspecified atom stereocenters. The fourth-order valence-electron chi connectivity index (χ4n) is 3.24. The lowest BCUT2D eigenvalue weighted by Gasteiger charge is -2.14. The molecule has 0 aliphatic heterocycles. The van der Waals surface area contributed by atoms with Crippen LogP contribution in [-0.4, -0.2) is 17.4 Å². The minimum Gasteiger partial charge on any atom is -0.303 e. The average Bonchev–Trinajstić information content (AvgIpc) is 2.85. The number of hydrogen-bond acceptors (Lipinski definition) is 3. The summed E-state index contributed by atoms with van der Waals surface area (Å²) in [5.41, 5.74) is 2.78. The summed E-state index contributed by atoms with van der Waals surface area (Å²) in [6, 6.07) is 14.8. The van der Waals surface area contributed by atoms with Crippen molar-refractivity contribution in [2.75, 3.05) is 7.05 Å². The summed E-state index contributed by atoms with van der Waals surface area (Å²) in [6.07, 6.45) is 0. The number of rotatable bonds is 2. The number of nitrogens with one attached hydrogen (secondary N) is 1. The highest BCUT2D eigenvalue weighted by Crippen LogP contribution is 2.38. The smallest absolute Gasteiger partial charge is 0.260 e. The van der Waals surface area contributed by atoms with Gasteiger partial charge in [-0.2, -0.15) is 0 Å². The van der Waals surface area contributed by atoms with E-state index in [0.29, 0.717) is 23.2 Å². The van der Waals surface area contributed by atoms with Crippen molar-refractivity contribution >= 4 is 16.6 Å². The molecule has 1 aromatic heterocycles. The van der Waals surface area contributed by atoms with Gasteiger partial charge in [0.1, 0.15) is 0 Å². The second kappa shape index (κ2) is 4.64. The number of carbonyl (C=O) groups is 1. The zero-order valence-corrected chi connectivity index (χ0v) is 12.1. The molecule has 4 nitrogen and oxygen atoms in total. The third-order valence-corrected chi connectivity index (χ3v) is 4.15. The number of nitrogens with zero attached hydrogens (tertiary/aromatic N) is 1. The number of pyridine rings is 1. The highest BCUT2D eigenvalue weighted by Gasteiger charge is 2.31. The van der Waals surface area contributed by atoms with Crippen molar-refractivity contribution in [1.29, 1.82) is 0 Å². The molecule has 0 spiro atoms. The summed E-state index contributed by atoms with van der Waals surface area (Å²) in [5, 5.41) is 4.33. The van der Waals surface area contributed by atoms with Gasteiger partial charge in [-0.1, -0.05) is 42.5 Å². The Hall–Kier alpha value is -2.72. The van der Waals surface area contributed by atoms with Gasteiger partial charge in [0.05, 0.1) is 17.9 Å². The minimum absolute atomic E-state index is 0.00773. The van der Waals surface area contributed by atoms with Crippen molar-refractivity contribution in [3.05, 3.63) is 70.0 Å². The molecule has 1 heterocycles. The van der Waals surface area contributed by atoms with Crippen molar-refractivity contribution in [3.63, 3.8) is 0 Å². The maximum Gasteiger partial charge on any atom is 0.260 e. The fourth-order valence-corrected chi connectivity index (χ4v) is 3.24. The predicted molar refractivity (Wildman–Crippen MR) is 86.1 cm³/mol. The number of aromatic nitrogens is 1. The van der Waals surface area contributed by atoms with E-state index < -0.39 is 0 Å². The topological polar surface area (TPSA) is 51.1 Å². The molecule has 0 saturated heterocycles. The number of ketones is 1. The van der Waals surface area contributed by atoms with E-state index in [-0.39, 0.29) is 11.3 Å². The van der Waals surface area contributed by atoms with Crippen LogP contribution in [0.4, 0.5) is 0 Å². The number of carbonyl (C=O) groups excluding carboxylic acids is 1. The summed E-state index contributed by atoms with van der Waals surface area (Å²) in [5.74, 6) is -0.00773. The van der Waals surface area contributed by atoms with Crippen LogP contribution >= 0.6 is 0 Å². The van der Waals surface area contributed by atoms with Crippen LogP contribution in [0.3, 0.4) is 0 Å². The first-order valence-electron chi connectivity index (χ1n) is 7.18. The molecule has 1 aliphatic rings. The second-order valence-corrected chi connectivity index (χ2v) is 5.39. The number of benzene rings is 2. The van der Waals surface area contributed by atoms with Gasteiger partial charge in [0, 0.05) is 21.9 Å². The van der Waals surface area contributed by atoms with Gasteiger partial charge < -0.3 is 5.32 Å². The average molecular weight is 290 g/mol. The Kier molecular flexibility index (Phi) is 2.74. The van der Waals surface area contributed by atoms with Crippen LogP contribution in [0.2, 0.25) is 0 Å². The summed E-state index contributed by atoms with van der Waals surface area (Å²) < 4.78 is 1.65. The Labute approximate surface area is 127 Å². The van der Waals surface area contributed by atoms with Gasteiger partial charge in [0.25, 0.3) is 5.56 Å². The molecular weight excluding hydrogens is 276 g/mol. The van der Waals surface area contributed by atoms with Gasteiger partial charge >= 0.3 is 0 Å². The number of hydrogen-bond donors (Lipinski definition) is 1. The first kappa shape index (κ1) is 13.0. The molecule has 2 aromatic carbocycles. The Balaban J connectivity index is 2.24. The van der Waals surface area contributed by atoms with E-state index in [4.69, 9.17) is 0 Å². The second-order valence-electron chi connectivity index (χ2n) is 5.39. The normalized spacial score (nSPS) is 12.5. The highest BCUT2D eigenvalue weighted by molar-refractivity contribution is 6.26. The fraction of sp³-hybridized carbons (Fsp3) is 0.111. The monoisotopic (exact) mass is 290 g/mol. The Morgan fingerprint density at radius 1 is 0.909 bits per heavy atom. The standard InChI is InChI=1S/C18H14N2O2/c1-19-10-20-16-12-7-3-4-8-13(12)17(21)15(16)11-6-2-5-9-14(11)18(20)22/h2-9,19H,10H2,1H3. The molecule has 1 N–H and O–H groups in total. The first-order chi connectivity index (χ1) is 10.7. The maximum atomic E-state index is 12.8. The van der Waals surface area contributed by atoms with E-state index >= 15 is 0 Å². The summed E-state index contributed by atoms with van der Waals surface area (Å²) >= 11 is 0. The van der Waals surface area contributed by atoms with E-state index in [1.54, 1.807) is 17.7 Å². The van der Waals surface area contributed by atoms with Gasteiger partial charge in [-0.25, -0.2) is 0 Å². The highest BCUT2D eigenvalue weighted by atomic mass is 16.1. The van der Waals surface area contributed by atoms with Crippen molar-refractivity contribution in [1.82, 2.24) is 9.88 Å². The Morgan fingerprint density at radius 2 is 1.55 bits per heavy atom. The molecule has 4 rings (SSSR count). The molecule has 108 valence electrons.